The maximum atomic E-state index is 13.9. The molecule has 152 valence electrons. The Kier molecular flexibility index (Phi) is 5.81. The first-order valence-electron chi connectivity index (χ1n) is 8.51. The minimum atomic E-state index is -4.07. The Morgan fingerprint density at radius 1 is 1.17 bits per heavy atom. The van der Waals surface area contributed by atoms with Crippen molar-refractivity contribution in [1.29, 1.82) is 0 Å². The van der Waals surface area contributed by atoms with Crippen molar-refractivity contribution >= 4 is 32.9 Å². The third-order valence-electron chi connectivity index (χ3n) is 4.23. The molecule has 1 heterocycles. The molecule has 0 saturated carbocycles. The number of ether oxygens (including phenoxy) is 1. The van der Waals surface area contributed by atoms with E-state index in [1.54, 1.807) is 12.1 Å². The number of nitrogens with one attached hydrogen (secondary N) is 1. The Hall–Kier alpha value is -3.04. The van der Waals surface area contributed by atoms with Crippen LogP contribution in [0.25, 0.3) is 17.0 Å². The van der Waals surface area contributed by atoms with Gasteiger partial charge in [-0.25, -0.2) is 21.2 Å². The molecule has 3 rings (SSSR count). The number of aromatic nitrogens is 1. The van der Waals surface area contributed by atoms with Crippen molar-refractivity contribution < 1.29 is 26.7 Å². The van der Waals surface area contributed by atoms with E-state index in [9.17, 15) is 22.0 Å². The number of fused-ring (bicyclic) bond motifs is 1. The van der Waals surface area contributed by atoms with E-state index in [4.69, 9.17) is 4.74 Å². The van der Waals surface area contributed by atoms with Gasteiger partial charge < -0.3 is 10.1 Å². The van der Waals surface area contributed by atoms with Gasteiger partial charge in [-0.2, -0.15) is 0 Å². The number of nitrogens with zero attached hydrogens (tertiary/aromatic N) is 1. The number of carbonyl (C=O) groups is 1. The second-order valence-corrected chi connectivity index (χ2v) is 8.10. The molecule has 1 amide bonds. The monoisotopic (exact) mass is 420 g/mol. The largest absolute Gasteiger partial charge is 0.364 e. The standard InChI is InChI=1S/C20H18F2N2O4S/c1-13-3-6-15(7-4-13)29(26,27)24-11-14(5-8-20(25)23-12-28-2)16-9-17(21)18(22)10-19(16)24/h3-11H,12H2,1-2H3,(H,23,25). The summed E-state index contributed by atoms with van der Waals surface area (Å²) in [5.41, 5.74) is 1.07. The first kappa shape index (κ1) is 20.7. The van der Waals surface area contributed by atoms with Crippen LogP contribution in [0.2, 0.25) is 0 Å². The van der Waals surface area contributed by atoms with Crippen molar-refractivity contribution in [3.63, 3.8) is 0 Å². The molecule has 0 bridgehead atoms. The van der Waals surface area contributed by atoms with Crippen LogP contribution in [-0.2, 0) is 19.6 Å². The lowest BCUT2D eigenvalue weighted by Crippen LogP contribution is -2.22. The fraction of sp³-hybridized carbons (Fsp3) is 0.150. The number of carbonyl (C=O) groups excluding carboxylic acids is 1. The Bertz CT molecular complexity index is 1200. The fourth-order valence-electron chi connectivity index (χ4n) is 2.74. The van der Waals surface area contributed by atoms with Gasteiger partial charge in [-0.1, -0.05) is 17.7 Å². The lowest BCUT2D eigenvalue weighted by molar-refractivity contribution is -0.117. The van der Waals surface area contributed by atoms with E-state index in [1.807, 2.05) is 6.92 Å². The first-order chi connectivity index (χ1) is 13.7. The Labute approximate surface area is 166 Å². The zero-order chi connectivity index (χ0) is 21.2. The van der Waals surface area contributed by atoms with Gasteiger partial charge in [-0.3, -0.25) is 4.79 Å². The summed E-state index contributed by atoms with van der Waals surface area (Å²) in [6.07, 6.45) is 3.70. The molecule has 0 aliphatic heterocycles. The number of halogens is 2. The molecule has 3 aromatic rings. The molecule has 0 spiro atoms. The highest BCUT2D eigenvalue weighted by Gasteiger charge is 2.22. The molecule has 9 heteroatoms. The number of benzene rings is 2. The summed E-state index contributed by atoms with van der Waals surface area (Å²) in [6.45, 7) is 1.81. The highest BCUT2D eigenvalue weighted by molar-refractivity contribution is 7.90. The van der Waals surface area contributed by atoms with Crippen LogP contribution in [-0.4, -0.2) is 32.1 Å². The molecule has 0 aliphatic rings. The van der Waals surface area contributed by atoms with Gasteiger partial charge >= 0.3 is 0 Å². The maximum absolute atomic E-state index is 13.9. The van der Waals surface area contributed by atoms with Crippen LogP contribution >= 0.6 is 0 Å². The molecule has 0 atom stereocenters. The minimum Gasteiger partial charge on any atom is -0.364 e. The molecule has 0 aliphatic carbocycles. The number of hydrogen-bond acceptors (Lipinski definition) is 4. The van der Waals surface area contributed by atoms with Gasteiger partial charge in [0, 0.05) is 36.4 Å². The molecular weight excluding hydrogens is 402 g/mol. The minimum absolute atomic E-state index is 0.00176. The van der Waals surface area contributed by atoms with Crippen molar-refractivity contribution in [2.24, 2.45) is 0 Å². The zero-order valence-corrected chi connectivity index (χ0v) is 16.5. The van der Waals surface area contributed by atoms with Gasteiger partial charge in [0.15, 0.2) is 11.6 Å². The number of hydrogen-bond donors (Lipinski definition) is 1. The normalized spacial score (nSPS) is 12.0. The van der Waals surface area contributed by atoms with Gasteiger partial charge in [-0.05, 0) is 31.2 Å². The summed E-state index contributed by atoms with van der Waals surface area (Å²) >= 11 is 0. The van der Waals surface area contributed by atoms with Crippen molar-refractivity contribution in [3.8, 4) is 0 Å². The lowest BCUT2D eigenvalue weighted by atomic mass is 10.1. The van der Waals surface area contributed by atoms with Gasteiger partial charge in [0.25, 0.3) is 10.0 Å². The van der Waals surface area contributed by atoms with Crippen molar-refractivity contribution in [1.82, 2.24) is 9.29 Å². The Morgan fingerprint density at radius 2 is 1.83 bits per heavy atom. The predicted octanol–water partition coefficient (Wildman–Crippen LogP) is 3.20. The van der Waals surface area contributed by atoms with E-state index in [-0.39, 0.29) is 28.1 Å². The second-order valence-electron chi connectivity index (χ2n) is 6.29. The quantitative estimate of drug-likeness (QED) is 0.491. The molecular formula is C20H18F2N2O4S. The van der Waals surface area contributed by atoms with Gasteiger partial charge in [0.1, 0.15) is 6.73 Å². The van der Waals surface area contributed by atoms with E-state index >= 15 is 0 Å². The van der Waals surface area contributed by atoms with Crippen LogP contribution in [0.4, 0.5) is 8.78 Å². The van der Waals surface area contributed by atoms with Crippen molar-refractivity contribution in [3.05, 3.63) is 71.4 Å². The molecule has 2 aromatic carbocycles. The third kappa shape index (κ3) is 4.20. The third-order valence-corrected chi connectivity index (χ3v) is 5.91. The van der Waals surface area contributed by atoms with E-state index < -0.39 is 27.6 Å². The summed E-state index contributed by atoms with van der Waals surface area (Å²) in [5, 5.41) is 2.58. The molecule has 1 aromatic heterocycles. The van der Waals surface area contributed by atoms with Crippen LogP contribution in [0.5, 0.6) is 0 Å². The molecule has 0 fully saturated rings. The number of aryl methyl sites for hydroxylation is 1. The van der Waals surface area contributed by atoms with Crippen LogP contribution in [0.15, 0.2) is 53.6 Å². The summed E-state index contributed by atoms with van der Waals surface area (Å²) < 4.78 is 59.4. The maximum Gasteiger partial charge on any atom is 0.268 e. The molecule has 29 heavy (non-hydrogen) atoms. The summed E-state index contributed by atoms with van der Waals surface area (Å²) in [4.78, 5) is 11.8. The smallest absolute Gasteiger partial charge is 0.268 e. The van der Waals surface area contributed by atoms with E-state index in [0.717, 1.165) is 27.7 Å². The molecule has 6 nitrogen and oxygen atoms in total. The zero-order valence-electron chi connectivity index (χ0n) is 15.6. The predicted molar refractivity (Wildman–Crippen MR) is 105 cm³/mol. The SMILES string of the molecule is COCNC(=O)C=Cc1cn(S(=O)(=O)c2ccc(C)cc2)c2cc(F)c(F)cc12. The van der Waals surface area contributed by atoms with Gasteiger partial charge in [0.2, 0.25) is 5.91 Å². The highest BCUT2D eigenvalue weighted by Crippen LogP contribution is 2.29. The lowest BCUT2D eigenvalue weighted by Gasteiger charge is -2.08. The average molecular weight is 420 g/mol. The number of methoxy groups -OCH3 is 1. The topological polar surface area (TPSA) is 77.4 Å². The fourth-order valence-corrected chi connectivity index (χ4v) is 4.11. The number of amides is 1. The summed E-state index contributed by atoms with van der Waals surface area (Å²) in [7, 11) is -2.66. The van der Waals surface area contributed by atoms with Crippen molar-refractivity contribution in [2.75, 3.05) is 13.8 Å². The number of rotatable bonds is 6. The van der Waals surface area contributed by atoms with E-state index in [0.29, 0.717) is 0 Å². The van der Waals surface area contributed by atoms with Crippen molar-refractivity contribution in [2.45, 2.75) is 11.8 Å². The van der Waals surface area contributed by atoms with Gasteiger partial charge in [-0.15, -0.1) is 0 Å². The second kappa shape index (κ2) is 8.14. The molecule has 1 N–H and O–H groups in total. The van der Waals surface area contributed by atoms with Crippen LogP contribution in [0, 0.1) is 18.6 Å². The molecule has 0 unspecified atom stereocenters. The van der Waals surface area contributed by atoms with Crippen LogP contribution in [0.1, 0.15) is 11.1 Å². The molecule has 0 radical (unpaired) electrons. The Balaban J connectivity index is 2.15. The molecule has 0 saturated heterocycles. The first-order valence-corrected chi connectivity index (χ1v) is 9.95. The average Bonchev–Trinajstić information content (AvgIpc) is 3.03. The Morgan fingerprint density at radius 3 is 2.48 bits per heavy atom. The summed E-state index contributed by atoms with van der Waals surface area (Å²) in [6, 6.07) is 7.87. The van der Waals surface area contributed by atoms with Crippen LogP contribution < -0.4 is 5.32 Å². The van der Waals surface area contributed by atoms with Gasteiger partial charge in [0.05, 0.1) is 10.4 Å². The van der Waals surface area contributed by atoms with Crippen LogP contribution in [0.3, 0.4) is 0 Å². The van der Waals surface area contributed by atoms with E-state index in [1.165, 1.54) is 31.5 Å². The summed E-state index contributed by atoms with van der Waals surface area (Å²) in [5.74, 6) is -2.79. The highest BCUT2D eigenvalue weighted by atomic mass is 32.2. The van der Waals surface area contributed by atoms with E-state index in [2.05, 4.69) is 5.32 Å².